The van der Waals surface area contributed by atoms with Crippen molar-refractivity contribution < 1.29 is 27.9 Å². The lowest BCUT2D eigenvalue weighted by molar-refractivity contribution is -0.145. The van der Waals surface area contributed by atoms with E-state index in [1.807, 2.05) is 0 Å². The average molecular weight is 393 g/mol. The van der Waals surface area contributed by atoms with Gasteiger partial charge in [-0.3, -0.25) is 9.59 Å². The van der Waals surface area contributed by atoms with E-state index in [4.69, 9.17) is 5.11 Å². The minimum absolute atomic E-state index is 0.0750. The lowest BCUT2D eigenvalue weighted by atomic mass is 9.80. The number of rotatable bonds is 5. The number of amides is 1. The molecular weight excluding hydrogens is 375 g/mol. The third-order valence-corrected chi connectivity index (χ3v) is 5.26. The minimum atomic E-state index is -4.46. The van der Waals surface area contributed by atoms with Crippen molar-refractivity contribution in [3.05, 3.63) is 47.3 Å². The first-order chi connectivity index (χ1) is 13.2. The van der Waals surface area contributed by atoms with Gasteiger partial charge in [0.05, 0.1) is 34.6 Å². The van der Waals surface area contributed by atoms with Crippen LogP contribution >= 0.6 is 0 Å². The van der Waals surface area contributed by atoms with Crippen LogP contribution in [-0.4, -0.2) is 32.8 Å². The van der Waals surface area contributed by atoms with Gasteiger partial charge in [-0.15, -0.1) is 0 Å². The standard InChI is InChI=1S/C19H18F3N3O3/c20-19(21,22)12-2-1-3-14(8-12)25-16(10-4-5-10)15(9-23-25)17(26)24-13-6-11(7-13)18(27)28/h1-3,8-11,13H,4-7H2,(H,24,26)(H,27,28). The fourth-order valence-electron chi connectivity index (χ4n) is 3.50. The van der Waals surface area contributed by atoms with Gasteiger partial charge < -0.3 is 10.4 Å². The highest BCUT2D eigenvalue weighted by molar-refractivity contribution is 5.96. The lowest BCUT2D eigenvalue weighted by Gasteiger charge is -2.32. The SMILES string of the molecule is O=C(NC1CC(C(=O)O)C1)c1cnn(-c2cccc(C(F)(F)F)c2)c1C1CC1. The summed E-state index contributed by atoms with van der Waals surface area (Å²) in [6.45, 7) is 0. The summed E-state index contributed by atoms with van der Waals surface area (Å²) in [5, 5.41) is 15.9. The Kier molecular flexibility index (Phi) is 4.40. The van der Waals surface area contributed by atoms with Gasteiger partial charge in [-0.2, -0.15) is 18.3 Å². The number of carbonyl (C=O) groups is 2. The molecular formula is C19H18F3N3O3. The van der Waals surface area contributed by atoms with Crippen molar-refractivity contribution in [2.24, 2.45) is 5.92 Å². The first-order valence-electron chi connectivity index (χ1n) is 9.03. The fourth-order valence-corrected chi connectivity index (χ4v) is 3.50. The number of carboxylic acid groups (broad SMARTS) is 1. The number of hydrogen-bond acceptors (Lipinski definition) is 3. The molecule has 1 aromatic heterocycles. The van der Waals surface area contributed by atoms with E-state index in [2.05, 4.69) is 10.4 Å². The normalized spacial score (nSPS) is 21.8. The Bertz CT molecular complexity index is 928. The molecule has 0 aliphatic heterocycles. The molecule has 0 atom stereocenters. The summed E-state index contributed by atoms with van der Waals surface area (Å²) in [6.07, 6.45) is -0.654. The summed E-state index contributed by atoms with van der Waals surface area (Å²) in [7, 11) is 0. The van der Waals surface area contributed by atoms with Gasteiger partial charge >= 0.3 is 12.1 Å². The number of nitrogens with zero attached hydrogens (tertiary/aromatic N) is 2. The molecule has 4 rings (SSSR count). The third kappa shape index (κ3) is 3.48. The van der Waals surface area contributed by atoms with Crippen LogP contribution in [0, 0.1) is 5.92 Å². The molecule has 1 heterocycles. The molecule has 0 spiro atoms. The zero-order valence-corrected chi connectivity index (χ0v) is 14.7. The van der Waals surface area contributed by atoms with E-state index in [1.54, 1.807) is 0 Å². The molecule has 28 heavy (non-hydrogen) atoms. The van der Waals surface area contributed by atoms with E-state index < -0.39 is 23.6 Å². The van der Waals surface area contributed by atoms with Crippen molar-refractivity contribution in [1.29, 1.82) is 0 Å². The Hall–Kier alpha value is -2.84. The van der Waals surface area contributed by atoms with Crippen molar-refractivity contribution in [1.82, 2.24) is 15.1 Å². The maximum atomic E-state index is 13.0. The van der Waals surface area contributed by atoms with Gasteiger partial charge in [0.15, 0.2) is 0 Å². The second kappa shape index (κ2) is 6.65. The molecule has 0 saturated heterocycles. The number of nitrogens with one attached hydrogen (secondary N) is 1. The monoisotopic (exact) mass is 393 g/mol. The molecule has 1 aromatic carbocycles. The van der Waals surface area contributed by atoms with Crippen LogP contribution in [0.25, 0.3) is 5.69 Å². The molecule has 1 amide bonds. The van der Waals surface area contributed by atoms with E-state index in [0.29, 0.717) is 24.1 Å². The van der Waals surface area contributed by atoms with Crippen molar-refractivity contribution in [2.75, 3.05) is 0 Å². The summed E-state index contributed by atoms with van der Waals surface area (Å²) < 4.78 is 40.5. The van der Waals surface area contributed by atoms with E-state index in [9.17, 15) is 22.8 Å². The average Bonchev–Trinajstić information content (AvgIpc) is 3.34. The van der Waals surface area contributed by atoms with Crippen LogP contribution in [0.15, 0.2) is 30.5 Å². The van der Waals surface area contributed by atoms with Gasteiger partial charge in [-0.25, -0.2) is 4.68 Å². The first kappa shape index (κ1) is 18.5. The van der Waals surface area contributed by atoms with E-state index in [0.717, 1.165) is 25.0 Å². The summed E-state index contributed by atoms with van der Waals surface area (Å²) in [4.78, 5) is 23.5. The number of halogens is 3. The number of carboxylic acids is 1. The highest BCUT2D eigenvalue weighted by Crippen LogP contribution is 2.43. The highest BCUT2D eigenvalue weighted by Gasteiger charge is 2.38. The minimum Gasteiger partial charge on any atom is -0.481 e. The number of hydrogen-bond donors (Lipinski definition) is 2. The summed E-state index contributed by atoms with van der Waals surface area (Å²) >= 11 is 0. The van der Waals surface area contributed by atoms with Crippen LogP contribution in [-0.2, 0) is 11.0 Å². The number of alkyl halides is 3. The second-order valence-corrected chi connectivity index (χ2v) is 7.35. The van der Waals surface area contributed by atoms with Crippen molar-refractivity contribution in [3.8, 4) is 5.69 Å². The fraction of sp³-hybridized carbons (Fsp3) is 0.421. The Balaban J connectivity index is 1.59. The van der Waals surface area contributed by atoms with Gasteiger partial charge in [-0.1, -0.05) is 6.07 Å². The zero-order chi connectivity index (χ0) is 20.1. The van der Waals surface area contributed by atoms with Crippen LogP contribution < -0.4 is 5.32 Å². The van der Waals surface area contributed by atoms with Crippen LogP contribution in [0.5, 0.6) is 0 Å². The van der Waals surface area contributed by atoms with Gasteiger partial charge in [0.25, 0.3) is 5.91 Å². The summed E-state index contributed by atoms with van der Waals surface area (Å²) in [6, 6.07) is 4.64. The van der Waals surface area contributed by atoms with Crippen molar-refractivity contribution in [2.45, 2.75) is 43.8 Å². The Morgan fingerprint density at radius 2 is 1.93 bits per heavy atom. The molecule has 0 unspecified atom stereocenters. The van der Waals surface area contributed by atoms with E-state index in [-0.39, 0.29) is 23.6 Å². The number of aromatic nitrogens is 2. The van der Waals surface area contributed by atoms with Gasteiger partial charge in [0, 0.05) is 12.0 Å². The van der Waals surface area contributed by atoms with Crippen molar-refractivity contribution >= 4 is 11.9 Å². The molecule has 0 bridgehead atoms. The van der Waals surface area contributed by atoms with Crippen LogP contribution in [0.1, 0.15) is 53.2 Å². The largest absolute Gasteiger partial charge is 0.481 e. The predicted octanol–water partition coefficient (Wildman–Crippen LogP) is 3.36. The van der Waals surface area contributed by atoms with Gasteiger partial charge in [0.2, 0.25) is 0 Å². The number of benzene rings is 1. The van der Waals surface area contributed by atoms with Crippen molar-refractivity contribution in [3.63, 3.8) is 0 Å². The summed E-state index contributed by atoms with van der Waals surface area (Å²) in [5.74, 6) is -1.61. The van der Waals surface area contributed by atoms with E-state index >= 15 is 0 Å². The summed E-state index contributed by atoms with van der Waals surface area (Å²) in [5.41, 5.74) is 0.414. The molecule has 2 aliphatic rings. The molecule has 2 N–H and O–H groups in total. The molecule has 9 heteroatoms. The number of carbonyl (C=O) groups excluding carboxylic acids is 1. The smallest absolute Gasteiger partial charge is 0.416 e. The molecule has 2 aromatic rings. The Morgan fingerprint density at radius 3 is 2.54 bits per heavy atom. The Morgan fingerprint density at radius 1 is 1.21 bits per heavy atom. The highest BCUT2D eigenvalue weighted by atomic mass is 19.4. The van der Waals surface area contributed by atoms with Crippen LogP contribution in [0.4, 0.5) is 13.2 Å². The second-order valence-electron chi connectivity index (χ2n) is 7.35. The topological polar surface area (TPSA) is 84.2 Å². The molecule has 2 aliphatic carbocycles. The van der Waals surface area contributed by atoms with Crippen LogP contribution in [0.2, 0.25) is 0 Å². The Labute approximate surface area is 158 Å². The van der Waals surface area contributed by atoms with E-state index in [1.165, 1.54) is 23.0 Å². The predicted molar refractivity (Wildman–Crippen MR) is 92.2 cm³/mol. The molecule has 2 fully saturated rings. The van der Waals surface area contributed by atoms with Gasteiger partial charge in [0.1, 0.15) is 0 Å². The zero-order valence-electron chi connectivity index (χ0n) is 14.7. The quantitative estimate of drug-likeness (QED) is 0.816. The number of aliphatic carboxylic acids is 1. The maximum Gasteiger partial charge on any atom is 0.416 e. The molecule has 6 nitrogen and oxygen atoms in total. The maximum absolute atomic E-state index is 13.0. The molecule has 148 valence electrons. The van der Waals surface area contributed by atoms with Gasteiger partial charge in [-0.05, 0) is 43.9 Å². The lowest BCUT2D eigenvalue weighted by Crippen LogP contribution is -2.46. The molecule has 0 radical (unpaired) electrons. The molecule has 2 saturated carbocycles. The first-order valence-corrected chi connectivity index (χ1v) is 9.03. The van der Waals surface area contributed by atoms with Crippen LogP contribution in [0.3, 0.4) is 0 Å². The third-order valence-electron chi connectivity index (χ3n) is 5.26.